The van der Waals surface area contributed by atoms with E-state index in [4.69, 9.17) is 0 Å². The van der Waals surface area contributed by atoms with Gasteiger partial charge in [0.25, 0.3) is 0 Å². The molecule has 1 rings (SSSR count). The van der Waals surface area contributed by atoms with Crippen LogP contribution in [0.4, 0.5) is 0 Å². The number of H-pyrrole nitrogens is 1. The summed E-state index contributed by atoms with van der Waals surface area (Å²) in [4.78, 5) is 28.1. The first-order chi connectivity index (χ1) is 9.01. The Hall–Kier alpha value is -2.04. The van der Waals surface area contributed by atoms with Crippen LogP contribution < -0.4 is 5.69 Å². The highest BCUT2D eigenvalue weighted by Gasteiger charge is 2.13. The molecular formula is C14H21N3O2. The van der Waals surface area contributed by atoms with Crippen LogP contribution in [0.5, 0.6) is 0 Å². The Morgan fingerprint density at radius 3 is 2.32 bits per heavy atom. The highest BCUT2D eigenvalue weighted by molar-refractivity contribution is 5.76. The average molecular weight is 263 g/mol. The van der Waals surface area contributed by atoms with Crippen LogP contribution in [0.2, 0.25) is 0 Å². The quantitative estimate of drug-likeness (QED) is 0.756. The van der Waals surface area contributed by atoms with Gasteiger partial charge in [0.1, 0.15) is 0 Å². The van der Waals surface area contributed by atoms with Gasteiger partial charge in [0.2, 0.25) is 5.91 Å². The highest BCUT2D eigenvalue weighted by Crippen LogP contribution is 2.03. The van der Waals surface area contributed by atoms with E-state index in [0.29, 0.717) is 26.1 Å². The number of hydrogen-bond acceptors (Lipinski definition) is 2. The molecule has 0 atom stereocenters. The van der Waals surface area contributed by atoms with Crippen LogP contribution in [0.15, 0.2) is 30.1 Å². The Labute approximate surface area is 113 Å². The third-order valence-corrected chi connectivity index (χ3v) is 3.09. The van der Waals surface area contributed by atoms with Crippen LogP contribution in [-0.2, 0) is 11.3 Å². The van der Waals surface area contributed by atoms with E-state index in [1.807, 2.05) is 13.8 Å². The van der Waals surface area contributed by atoms with Crippen molar-refractivity contribution >= 4 is 5.91 Å². The van der Waals surface area contributed by atoms with Gasteiger partial charge in [-0.1, -0.05) is 12.2 Å². The first-order valence-corrected chi connectivity index (χ1v) is 6.26. The van der Waals surface area contributed by atoms with Gasteiger partial charge in [0.05, 0.1) is 0 Å². The second-order valence-corrected chi connectivity index (χ2v) is 4.42. The third-order valence-electron chi connectivity index (χ3n) is 3.09. The number of nitrogens with zero attached hydrogens (tertiary/aromatic N) is 2. The third kappa shape index (κ3) is 3.71. The summed E-state index contributed by atoms with van der Waals surface area (Å²) in [5.41, 5.74) is 1.55. The molecule has 0 aliphatic carbocycles. The summed E-state index contributed by atoms with van der Waals surface area (Å²) in [5.74, 6) is -0.00930. The number of imidazole rings is 1. The summed E-state index contributed by atoms with van der Waals surface area (Å²) in [7, 11) is 0. The number of aromatic amines is 1. The Morgan fingerprint density at radius 1 is 1.32 bits per heavy atom. The van der Waals surface area contributed by atoms with E-state index in [0.717, 1.165) is 11.4 Å². The summed E-state index contributed by atoms with van der Waals surface area (Å²) in [6, 6.07) is 0. The molecule has 1 amide bonds. The smallest absolute Gasteiger partial charge is 0.325 e. The Morgan fingerprint density at radius 2 is 1.89 bits per heavy atom. The van der Waals surface area contributed by atoms with Crippen molar-refractivity contribution in [2.24, 2.45) is 0 Å². The Kier molecular flexibility index (Phi) is 5.36. The van der Waals surface area contributed by atoms with Crippen molar-refractivity contribution in [2.75, 3.05) is 13.1 Å². The predicted molar refractivity (Wildman–Crippen MR) is 76.1 cm³/mol. The molecule has 1 heterocycles. The normalized spacial score (nSPS) is 10.2. The minimum absolute atomic E-state index is 0.00930. The van der Waals surface area contributed by atoms with Crippen LogP contribution in [0.3, 0.4) is 0 Å². The lowest BCUT2D eigenvalue weighted by Gasteiger charge is -2.19. The zero-order chi connectivity index (χ0) is 14.4. The lowest BCUT2D eigenvalue weighted by molar-refractivity contribution is -0.130. The van der Waals surface area contributed by atoms with Crippen molar-refractivity contribution in [2.45, 2.75) is 26.8 Å². The molecule has 1 N–H and O–H groups in total. The lowest BCUT2D eigenvalue weighted by Crippen LogP contribution is -2.32. The number of carbonyl (C=O) groups is 1. The average Bonchev–Trinajstić information content (AvgIpc) is 2.61. The van der Waals surface area contributed by atoms with Gasteiger partial charge in [-0.15, -0.1) is 13.2 Å². The van der Waals surface area contributed by atoms with Gasteiger partial charge in [-0.2, -0.15) is 0 Å². The summed E-state index contributed by atoms with van der Waals surface area (Å²) in [6.45, 7) is 12.3. The van der Waals surface area contributed by atoms with E-state index in [1.54, 1.807) is 21.6 Å². The first-order valence-electron chi connectivity index (χ1n) is 6.26. The summed E-state index contributed by atoms with van der Waals surface area (Å²) < 4.78 is 1.59. The number of aryl methyl sites for hydroxylation is 1. The Bertz CT molecular complexity index is 515. The second-order valence-electron chi connectivity index (χ2n) is 4.42. The maximum absolute atomic E-state index is 12.0. The van der Waals surface area contributed by atoms with E-state index in [2.05, 4.69) is 18.1 Å². The van der Waals surface area contributed by atoms with Gasteiger partial charge in [0.15, 0.2) is 0 Å². The molecule has 0 fully saturated rings. The van der Waals surface area contributed by atoms with Crippen LogP contribution in [0.1, 0.15) is 17.8 Å². The zero-order valence-electron chi connectivity index (χ0n) is 11.6. The minimum Gasteiger partial charge on any atom is -0.335 e. The number of rotatable bonds is 7. The van der Waals surface area contributed by atoms with Crippen LogP contribution >= 0.6 is 0 Å². The van der Waals surface area contributed by atoms with E-state index in [1.165, 1.54) is 0 Å². The van der Waals surface area contributed by atoms with Crippen molar-refractivity contribution in [1.82, 2.24) is 14.5 Å². The van der Waals surface area contributed by atoms with Crippen molar-refractivity contribution in [1.29, 1.82) is 0 Å². The number of hydrogen-bond donors (Lipinski definition) is 1. The molecule has 0 unspecified atom stereocenters. The topological polar surface area (TPSA) is 58.1 Å². The fraction of sp³-hybridized carbons (Fsp3) is 0.429. The molecule has 0 aromatic carbocycles. The maximum atomic E-state index is 12.0. The van der Waals surface area contributed by atoms with Crippen molar-refractivity contribution < 1.29 is 4.79 Å². The lowest BCUT2D eigenvalue weighted by atomic mass is 10.3. The number of aromatic nitrogens is 2. The largest absolute Gasteiger partial charge is 0.335 e. The SMILES string of the molecule is C=CCN(CC=C)C(=O)CCn1c(C)c(C)[nH]c1=O. The fourth-order valence-electron chi connectivity index (χ4n) is 1.90. The van der Waals surface area contributed by atoms with Gasteiger partial charge in [0, 0.05) is 37.4 Å². The van der Waals surface area contributed by atoms with Crippen molar-refractivity contribution in [3.63, 3.8) is 0 Å². The second kappa shape index (κ2) is 6.78. The minimum atomic E-state index is -0.165. The molecule has 104 valence electrons. The number of amides is 1. The van der Waals surface area contributed by atoms with Crippen molar-refractivity contribution in [3.8, 4) is 0 Å². The van der Waals surface area contributed by atoms with Gasteiger partial charge in [-0.3, -0.25) is 9.36 Å². The molecule has 1 aromatic rings. The number of carbonyl (C=O) groups excluding carboxylic acids is 1. The van der Waals surface area contributed by atoms with E-state index in [-0.39, 0.29) is 11.6 Å². The monoisotopic (exact) mass is 263 g/mol. The molecule has 19 heavy (non-hydrogen) atoms. The molecule has 0 aliphatic rings. The molecule has 0 aliphatic heterocycles. The highest BCUT2D eigenvalue weighted by atomic mass is 16.2. The van der Waals surface area contributed by atoms with E-state index >= 15 is 0 Å². The van der Waals surface area contributed by atoms with Gasteiger partial charge >= 0.3 is 5.69 Å². The summed E-state index contributed by atoms with van der Waals surface area (Å²) >= 11 is 0. The van der Waals surface area contributed by atoms with E-state index in [9.17, 15) is 9.59 Å². The Balaban J connectivity index is 2.69. The molecule has 0 saturated carbocycles. The van der Waals surface area contributed by atoms with Gasteiger partial charge in [-0.05, 0) is 13.8 Å². The van der Waals surface area contributed by atoms with Crippen LogP contribution in [0, 0.1) is 13.8 Å². The van der Waals surface area contributed by atoms with Crippen LogP contribution in [0.25, 0.3) is 0 Å². The predicted octanol–water partition coefficient (Wildman–Crippen LogP) is 1.38. The maximum Gasteiger partial charge on any atom is 0.325 e. The first kappa shape index (κ1) is 15.0. The molecule has 5 heteroatoms. The number of nitrogens with one attached hydrogen (secondary N) is 1. The van der Waals surface area contributed by atoms with E-state index < -0.39 is 0 Å². The molecule has 0 spiro atoms. The standard InChI is InChI=1S/C14H21N3O2/c1-5-8-16(9-6-2)13(18)7-10-17-12(4)11(3)15-14(17)19/h5-6H,1-2,7-10H2,3-4H3,(H,15,19). The summed E-state index contributed by atoms with van der Waals surface area (Å²) in [5, 5.41) is 0. The molecule has 0 saturated heterocycles. The van der Waals surface area contributed by atoms with Gasteiger partial charge in [-0.25, -0.2) is 4.79 Å². The van der Waals surface area contributed by atoms with Gasteiger partial charge < -0.3 is 9.88 Å². The zero-order valence-corrected chi connectivity index (χ0v) is 11.6. The molecule has 0 radical (unpaired) electrons. The van der Waals surface area contributed by atoms with Crippen molar-refractivity contribution in [3.05, 3.63) is 47.2 Å². The van der Waals surface area contributed by atoms with Crippen LogP contribution in [-0.4, -0.2) is 33.4 Å². The molecule has 1 aromatic heterocycles. The molecule has 5 nitrogen and oxygen atoms in total. The molecule has 0 bridgehead atoms. The molecular weight excluding hydrogens is 242 g/mol. The summed E-state index contributed by atoms with van der Waals surface area (Å²) in [6.07, 6.45) is 3.65. The fourth-order valence-corrected chi connectivity index (χ4v) is 1.90.